The van der Waals surface area contributed by atoms with Gasteiger partial charge in [0.05, 0.1) is 0 Å². The average molecular weight is 396 g/mol. The van der Waals surface area contributed by atoms with E-state index >= 15 is 0 Å². The van der Waals surface area contributed by atoms with Gasteiger partial charge in [-0.1, -0.05) is 0 Å². The average Bonchev–Trinajstić information content (AvgIpc) is 2.35. The second-order valence-corrected chi connectivity index (χ2v) is 8.41. The maximum atomic E-state index is 11.7. The number of carbonyl (C=O) groups excluding carboxylic acids is 2. The van der Waals surface area contributed by atoms with Crippen LogP contribution in [0.15, 0.2) is 12.2 Å². The van der Waals surface area contributed by atoms with Crippen LogP contribution in [-0.2, 0) is 14.3 Å². The molecule has 0 aromatic carbocycles. The Labute approximate surface area is 130 Å². The Morgan fingerprint density at radius 3 is 2.55 bits per heavy atom. The van der Waals surface area contributed by atoms with Crippen molar-refractivity contribution in [3.8, 4) is 0 Å². The fourth-order valence-corrected chi connectivity index (χ4v) is 3.82. The molecule has 0 saturated carbocycles. The van der Waals surface area contributed by atoms with Crippen LogP contribution in [0, 0.1) is 0 Å². The summed E-state index contributed by atoms with van der Waals surface area (Å²) in [6.07, 6.45) is 5.33. The van der Waals surface area contributed by atoms with Gasteiger partial charge in [-0.3, -0.25) is 0 Å². The molecule has 0 aromatic heterocycles. The Bertz CT molecular complexity index is 376. The molecule has 0 saturated heterocycles. The van der Waals surface area contributed by atoms with Crippen molar-refractivity contribution in [2.45, 2.75) is 49.2 Å². The van der Waals surface area contributed by atoms with E-state index in [1.165, 1.54) is 0 Å². The number of rotatable bonds is 4. The van der Waals surface area contributed by atoms with Gasteiger partial charge in [0.2, 0.25) is 0 Å². The first-order chi connectivity index (χ1) is 9.31. The third-order valence-corrected chi connectivity index (χ3v) is 5.55. The van der Waals surface area contributed by atoms with Gasteiger partial charge >= 0.3 is 131 Å². The van der Waals surface area contributed by atoms with E-state index < -0.39 is 17.7 Å². The molecule has 0 heterocycles. The molecule has 1 unspecified atom stereocenters. The topological polar surface area (TPSA) is 64.6 Å². The molecule has 0 bridgehead atoms. The van der Waals surface area contributed by atoms with Crippen molar-refractivity contribution in [2.24, 2.45) is 0 Å². The molecular weight excluding hydrogens is 373 g/mol. The normalized spacial score (nSPS) is 22.4. The summed E-state index contributed by atoms with van der Waals surface area (Å²) in [7, 11) is 0. The summed E-state index contributed by atoms with van der Waals surface area (Å²) in [4.78, 5) is 25.4. The number of hydrogen-bond acceptors (Lipinski definition) is 4. The first kappa shape index (κ1) is 17.3. The number of amides is 1. The quantitative estimate of drug-likeness (QED) is 0.283. The zero-order valence-electron chi connectivity index (χ0n) is 12.4. The van der Waals surface area contributed by atoms with E-state index in [0.29, 0.717) is 3.92 Å². The Kier molecular flexibility index (Phi) is 6.78. The van der Waals surface area contributed by atoms with Gasteiger partial charge in [0.25, 0.3) is 0 Å². The van der Waals surface area contributed by atoms with E-state index in [-0.39, 0.29) is 33.9 Å². The number of hydrogen-bond donors (Lipinski definition) is 1. The van der Waals surface area contributed by atoms with Crippen molar-refractivity contribution in [1.29, 1.82) is 0 Å². The number of alkyl carbamates (subject to hydrolysis) is 1. The second kappa shape index (κ2) is 7.85. The Balaban J connectivity index is 2.33. The monoisotopic (exact) mass is 396 g/mol. The van der Waals surface area contributed by atoms with E-state index in [1.807, 2.05) is 0 Å². The molecule has 0 spiro atoms. The molecule has 1 aliphatic rings. The molecular formula is C14H23INO4-. The van der Waals surface area contributed by atoms with E-state index in [9.17, 15) is 9.59 Å². The molecule has 2 atom stereocenters. The molecule has 0 aromatic rings. The van der Waals surface area contributed by atoms with Crippen molar-refractivity contribution >= 4 is 12.1 Å². The molecule has 20 heavy (non-hydrogen) atoms. The minimum atomic E-state index is -0.600. The van der Waals surface area contributed by atoms with E-state index in [1.54, 1.807) is 20.8 Å². The molecule has 1 amide bonds. The molecule has 0 radical (unpaired) electrons. The number of carbonyl (C=O) groups is 2. The van der Waals surface area contributed by atoms with Crippen LogP contribution in [0.25, 0.3) is 0 Å². The molecule has 0 fully saturated rings. The third kappa shape index (κ3) is 6.58. The Morgan fingerprint density at radius 2 is 1.95 bits per heavy atom. The summed E-state index contributed by atoms with van der Waals surface area (Å²) < 4.78 is 11.0. The Morgan fingerprint density at radius 1 is 1.30 bits per heavy atom. The van der Waals surface area contributed by atoms with Crippen LogP contribution in [0.2, 0.25) is 0 Å². The van der Waals surface area contributed by atoms with Gasteiger partial charge in [-0.2, -0.15) is 0 Å². The standard InChI is InChI=1S/C14H23INO4/c1-14(2,3)20-13(18)16-9-12(17)19-11-8-6-5-7-10(11)15-4/h5-6,10-11H,7-9H2,1-4H3,(H,16,18)/q-1/t10?,11-/m1/s1. The molecule has 5 nitrogen and oxygen atoms in total. The number of halogens is 1. The van der Waals surface area contributed by atoms with Crippen LogP contribution >= 0.6 is 0 Å². The first-order valence-corrected chi connectivity index (χ1v) is 10.0. The minimum absolute atomic E-state index is 0.0320. The van der Waals surface area contributed by atoms with Crippen LogP contribution in [0.5, 0.6) is 0 Å². The van der Waals surface area contributed by atoms with Crippen molar-refractivity contribution in [3.63, 3.8) is 0 Å². The summed E-state index contributed by atoms with van der Waals surface area (Å²) in [5, 5.41) is 2.42. The summed E-state index contributed by atoms with van der Waals surface area (Å²) in [6, 6.07) is 0. The van der Waals surface area contributed by atoms with Gasteiger partial charge in [0.15, 0.2) is 0 Å². The summed E-state index contributed by atoms with van der Waals surface area (Å²) in [5.41, 5.74) is -0.570. The molecule has 6 heteroatoms. The van der Waals surface area contributed by atoms with Gasteiger partial charge in [0.1, 0.15) is 0 Å². The fraction of sp³-hybridized carbons (Fsp3) is 0.714. The van der Waals surface area contributed by atoms with Gasteiger partial charge in [-0.15, -0.1) is 0 Å². The number of alkyl halides is 2. The maximum absolute atomic E-state index is 11.7. The van der Waals surface area contributed by atoms with Crippen LogP contribution in [0.4, 0.5) is 4.79 Å². The molecule has 0 aliphatic heterocycles. The summed E-state index contributed by atoms with van der Waals surface area (Å²) >= 11 is 0.0320. The molecule has 1 N–H and O–H groups in total. The third-order valence-electron chi connectivity index (χ3n) is 2.64. The number of nitrogens with one attached hydrogen (secondary N) is 1. The number of esters is 1. The number of ether oxygens (including phenoxy) is 2. The van der Waals surface area contributed by atoms with Crippen LogP contribution in [0.3, 0.4) is 0 Å². The van der Waals surface area contributed by atoms with Crippen LogP contribution in [-0.4, -0.2) is 39.2 Å². The van der Waals surface area contributed by atoms with E-state index in [4.69, 9.17) is 9.47 Å². The Hall–Kier alpha value is -0.790. The summed E-state index contributed by atoms with van der Waals surface area (Å²) in [5.74, 6) is -0.404. The summed E-state index contributed by atoms with van der Waals surface area (Å²) in [6.45, 7) is 5.17. The first-order valence-electron chi connectivity index (χ1n) is 6.61. The fourth-order valence-electron chi connectivity index (χ4n) is 1.78. The predicted octanol–water partition coefficient (Wildman–Crippen LogP) is -1.14. The van der Waals surface area contributed by atoms with E-state index in [2.05, 4.69) is 22.4 Å². The van der Waals surface area contributed by atoms with Crippen molar-refractivity contribution in [1.82, 2.24) is 5.32 Å². The SMILES string of the molecule is C[I-]C1CC=CC[C@H]1OC(=O)CNC(=O)OC(C)(C)C. The number of allylic oxidation sites excluding steroid dienone is 1. The van der Waals surface area contributed by atoms with E-state index in [0.717, 1.165) is 12.8 Å². The van der Waals surface area contributed by atoms with Crippen molar-refractivity contribution < 1.29 is 40.3 Å². The van der Waals surface area contributed by atoms with Gasteiger partial charge < -0.3 is 0 Å². The van der Waals surface area contributed by atoms with Gasteiger partial charge in [-0.25, -0.2) is 0 Å². The molecule has 1 rings (SSSR count). The molecule has 1 aliphatic carbocycles. The zero-order valence-corrected chi connectivity index (χ0v) is 14.6. The van der Waals surface area contributed by atoms with Crippen molar-refractivity contribution in [3.05, 3.63) is 12.2 Å². The van der Waals surface area contributed by atoms with Crippen LogP contribution in [0.1, 0.15) is 33.6 Å². The van der Waals surface area contributed by atoms with Gasteiger partial charge in [0, 0.05) is 0 Å². The molecule has 116 valence electrons. The predicted molar refractivity (Wildman–Crippen MR) is 72.2 cm³/mol. The second-order valence-electron chi connectivity index (χ2n) is 5.56. The van der Waals surface area contributed by atoms with Crippen molar-refractivity contribution in [2.75, 3.05) is 11.5 Å². The van der Waals surface area contributed by atoms with Gasteiger partial charge in [-0.05, 0) is 0 Å². The zero-order chi connectivity index (χ0) is 15.2. The van der Waals surface area contributed by atoms with Crippen LogP contribution < -0.4 is 26.5 Å².